The van der Waals surface area contributed by atoms with Crippen LogP contribution in [0.4, 0.5) is 13.2 Å². The van der Waals surface area contributed by atoms with Crippen molar-refractivity contribution in [2.24, 2.45) is 11.8 Å². The summed E-state index contributed by atoms with van der Waals surface area (Å²) in [6.07, 6.45) is -0.446. The molecule has 1 N–H and O–H groups in total. The van der Waals surface area contributed by atoms with Crippen molar-refractivity contribution in [1.29, 1.82) is 0 Å². The van der Waals surface area contributed by atoms with Gasteiger partial charge in [0, 0.05) is 30.6 Å². The van der Waals surface area contributed by atoms with Crippen LogP contribution in [-0.4, -0.2) is 70.0 Å². The Bertz CT molecular complexity index is 1200. The Morgan fingerprint density at radius 2 is 1.90 bits per heavy atom. The average molecular weight is 588 g/mol. The van der Waals surface area contributed by atoms with E-state index < -0.39 is 32.8 Å². The average Bonchev–Trinajstić information content (AvgIpc) is 3.60. The zero-order valence-corrected chi connectivity index (χ0v) is 23.8. The molecular weight excluding hydrogens is 551 g/mol. The summed E-state index contributed by atoms with van der Waals surface area (Å²) in [4.78, 5) is 15.7. The van der Waals surface area contributed by atoms with Crippen LogP contribution in [0.15, 0.2) is 46.7 Å². The molecule has 2 fully saturated rings. The summed E-state index contributed by atoms with van der Waals surface area (Å²) in [6.45, 7) is 0.514. The molecule has 2 heterocycles. The number of alkyl halides is 3. The van der Waals surface area contributed by atoms with Crippen molar-refractivity contribution in [2.45, 2.75) is 55.3 Å². The van der Waals surface area contributed by atoms with Crippen LogP contribution in [0.1, 0.15) is 48.6 Å². The minimum Gasteiger partial charge on any atom is -0.367 e. The number of sulfonamides is 1. The molecule has 1 aliphatic heterocycles. The highest BCUT2D eigenvalue weighted by atomic mass is 32.2. The van der Waals surface area contributed by atoms with Gasteiger partial charge in [0.05, 0.1) is 16.6 Å². The van der Waals surface area contributed by atoms with Crippen LogP contribution < -0.4 is 5.32 Å². The van der Waals surface area contributed by atoms with Crippen LogP contribution in [0.25, 0.3) is 0 Å². The Kier molecular flexibility index (Phi) is 9.74. The zero-order valence-electron chi connectivity index (χ0n) is 22.2. The van der Waals surface area contributed by atoms with Gasteiger partial charge in [-0.2, -0.15) is 17.5 Å². The first-order chi connectivity index (χ1) is 18.4. The van der Waals surface area contributed by atoms with Gasteiger partial charge in [0.2, 0.25) is 15.9 Å². The topological polar surface area (TPSA) is 79.0 Å². The molecule has 12 heteroatoms. The van der Waals surface area contributed by atoms with Crippen molar-refractivity contribution in [1.82, 2.24) is 14.5 Å². The van der Waals surface area contributed by atoms with Crippen molar-refractivity contribution in [3.05, 3.63) is 52.2 Å². The number of nitrogens with one attached hydrogen (secondary N) is 1. The summed E-state index contributed by atoms with van der Waals surface area (Å²) in [5.74, 6) is 0.753. The van der Waals surface area contributed by atoms with E-state index in [1.165, 1.54) is 4.88 Å². The number of hydrogen-bond donors (Lipinski definition) is 1. The quantitative estimate of drug-likeness (QED) is 0.433. The largest absolute Gasteiger partial charge is 0.416 e. The second-order valence-corrected chi connectivity index (χ2v) is 13.5. The first kappa shape index (κ1) is 30.0. The monoisotopic (exact) mass is 587 g/mol. The molecule has 1 aromatic heterocycles. The first-order valence-electron chi connectivity index (χ1n) is 13.2. The maximum Gasteiger partial charge on any atom is 0.416 e. The Morgan fingerprint density at radius 3 is 2.54 bits per heavy atom. The smallest absolute Gasteiger partial charge is 0.367 e. The normalized spacial score (nSPS) is 23.7. The molecule has 1 saturated carbocycles. The molecule has 1 amide bonds. The molecule has 0 spiro atoms. The molecule has 2 aromatic rings. The number of benzene rings is 1. The van der Waals surface area contributed by atoms with E-state index in [0.717, 1.165) is 48.2 Å². The van der Waals surface area contributed by atoms with E-state index in [1.54, 1.807) is 11.3 Å². The number of carbonyl (C=O) groups excluding carboxylic acids is 1. The first-order valence-corrected chi connectivity index (χ1v) is 15.5. The summed E-state index contributed by atoms with van der Waals surface area (Å²) in [5, 5.41) is 5.07. The highest BCUT2D eigenvalue weighted by molar-refractivity contribution is 7.89. The van der Waals surface area contributed by atoms with E-state index in [4.69, 9.17) is 4.74 Å². The van der Waals surface area contributed by atoms with Crippen molar-refractivity contribution in [3.8, 4) is 0 Å². The number of thiophene rings is 1. The third-order valence-electron chi connectivity index (χ3n) is 7.67. The lowest BCUT2D eigenvalue weighted by Crippen LogP contribution is -2.36. The van der Waals surface area contributed by atoms with Crippen molar-refractivity contribution < 1.29 is 31.1 Å². The second-order valence-electron chi connectivity index (χ2n) is 10.6. The van der Waals surface area contributed by atoms with E-state index >= 15 is 0 Å². The fourth-order valence-electron chi connectivity index (χ4n) is 5.61. The molecule has 0 bridgehead atoms. The molecule has 1 aromatic carbocycles. The zero-order chi connectivity index (χ0) is 28.2. The van der Waals surface area contributed by atoms with Gasteiger partial charge in [-0.15, -0.1) is 11.3 Å². The van der Waals surface area contributed by atoms with Crippen LogP contribution in [0.5, 0.6) is 0 Å². The van der Waals surface area contributed by atoms with Crippen LogP contribution in [0.3, 0.4) is 0 Å². The fraction of sp³-hybridized carbons (Fsp3) is 0.593. The predicted molar refractivity (Wildman–Crippen MR) is 144 cm³/mol. The summed E-state index contributed by atoms with van der Waals surface area (Å²) < 4.78 is 71.5. The van der Waals surface area contributed by atoms with Gasteiger partial charge in [-0.3, -0.25) is 4.79 Å². The Labute approximate surface area is 232 Å². The molecule has 7 nitrogen and oxygen atoms in total. The van der Waals surface area contributed by atoms with E-state index in [0.29, 0.717) is 36.9 Å². The van der Waals surface area contributed by atoms with E-state index in [1.807, 2.05) is 0 Å². The summed E-state index contributed by atoms with van der Waals surface area (Å²) >= 11 is 1.80. The molecule has 1 saturated heterocycles. The van der Waals surface area contributed by atoms with Crippen LogP contribution in [0, 0.1) is 11.8 Å². The molecule has 2 unspecified atom stereocenters. The standard InChI is InChI=1S/C27H36F3N3O4S2/c1-32(2)26(24-7-4-14-38-24)20-10-8-19(9-11-20)16-31-25(34)18-37-22-12-13-33(17-22)39(35,36)23-6-3-5-21(15-23)27(28,29)30/h3-7,14-15,19-20,22,26H,8-13,16-18H2,1-2H3,(H,31,34). The van der Waals surface area contributed by atoms with Gasteiger partial charge >= 0.3 is 6.18 Å². The number of hydrogen-bond acceptors (Lipinski definition) is 6. The fourth-order valence-corrected chi connectivity index (χ4v) is 8.16. The summed E-state index contributed by atoms with van der Waals surface area (Å²) in [5.41, 5.74) is -1.01. The maximum atomic E-state index is 13.0. The molecule has 216 valence electrons. The van der Waals surface area contributed by atoms with Gasteiger partial charge in [0.15, 0.2) is 0 Å². The number of halogens is 3. The lowest BCUT2D eigenvalue weighted by atomic mass is 9.77. The molecule has 2 atom stereocenters. The third-order valence-corrected chi connectivity index (χ3v) is 10.5. The molecule has 4 rings (SSSR count). The lowest BCUT2D eigenvalue weighted by Gasteiger charge is -2.37. The molecule has 0 radical (unpaired) electrons. The minimum atomic E-state index is -4.63. The van der Waals surface area contributed by atoms with Crippen LogP contribution >= 0.6 is 11.3 Å². The van der Waals surface area contributed by atoms with E-state index in [-0.39, 0.29) is 25.6 Å². The van der Waals surface area contributed by atoms with Gasteiger partial charge in [0.1, 0.15) is 6.61 Å². The van der Waals surface area contributed by atoms with Gasteiger partial charge in [-0.1, -0.05) is 12.1 Å². The summed E-state index contributed by atoms with van der Waals surface area (Å²) in [6, 6.07) is 8.43. The van der Waals surface area contributed by atoms with Gasteiger partial charge in [-0.05, 0) is 87.7 Å². The number of rotatable bonds is 10. The summed E-state index contributed by atoms with van der Waals surface area (Å²) in [7, 11) is 0.154. The van der Waals surface area contributed by atoms with Gasteiger partial charge < -0.3 is 15.0 Å². The third kappa shape index (κ3) is 7.60. The van der Waals surface area contributed by atoms with Crippen molar-refractivity contribution in [2.75, 3.05) is 40.3 Å². The number of nitrogens with zero attached hydrogens (tertiary/aromatic N) is 2. The molecule has 39 heavy (non-hydrogen) atoms. The predicted octanol–water partition coefficient (Wildman–Crippen LogP) is 4.77. The highest BCUT2D eigenvalue weighted by Crippen LogP contribution is 2.40. The van der Waals surface area contributed by atoms with Gasteiger partial charge in [0.25, 0.3) is 0 Å². The van der Waals surface area contributed by atoms with Crippen molar-refractivity contribution >= 4 is 27.3 Å². The van der Waals surface area contributed by atoms with Crippen LogP contribution in [0.2, 0.25) is 0 Å². The Hall–Kier alpha value is -1.99. The maximum absolute atomic E-state index is 13.0. The minimum absolute atomic E-state index is 0.00679. The molecule has 2 aliphatic rings. The van der Waals surface area contributed by atoms with E-state index in [2.05, 4.69) is 41.8 Å². The molecule has 1 aliphatic carbocycles. The number of amides is 1. The Morgan fingerprint density at radius 1 is 1.15 bits per heavy atom. The SMILES string of the molecule is CN(C)C(c1cccs1)C1CCC(CNC(=O)COC2CCN(S(=O)(=O)c3cccc(C(F)(F)F)c3)C2)CC1. The number of ether oxygens (including phenoxy) is 1. The van der Waals surface area contributed by atoms with E-state index in [9.17, 15) is 26.4 Å². The Balaban J connectivity index is 1.19. The van der Waals surface area contributed by atoms with Gasteiger partial charge in [-0.25, -0.2) is 8.42 Å². The second kappa shape index (κ2) is 12.7. The number of carbonyl (C=O) groups is 1. The molecular formula is C27H36F3N3O4S2. The highest BCUT2D eigenvalue weighted by Gasteiger charge is 2.36. The van der Waals surface area contributed by atoms with Crippen LogP contribution in [-0.2, 0) is 25.7 Å². The van der Waals surface area contributed by atoms with Crippen molar-refractivity contribution in [3.63, 3.8) is 0 Å². The lowest BCUT2D eigenvalue weighted by molar-refractivity contribution is -0.137.